The molecule has 3 nitrogen and oxygen atoms in total. The summed E-state index contributed by atoms with van der Waals surface area (Å²) < 4.78 is 0. The summed E-state index contributed by atoms with van der Waals surface area (Å²) in [5.74, 6) is 1.37. The molecule has 0 unspecified atom stereocenters. The topological polar surface area (TPSA) is 18.5 Å². The summed E-state index contributed by atoms with van der Waals surface area (Å²) in [6.07, 6.45) is 3.43. The predicted molar refractivity (Wildman–Crippen MR) is 95.3 cm³/mol. The molecule has 3 heteroatoms. The van der Waals surface area contributed by atoms with Crippen molar-refractivity contribution in [1.29, 1.82) is 0 Å². The van der Waals surface area contributed by atoms with Gasteiger partial charge in [0.1, 0.15) is 5.82 Å². The van der Waals surface area contributed by atoms with Gasteiger partial charge in [-0.3, -0.25) is 0 Å². The monoisotopic (exact) mass is 305 g/mol. The lowest BCUT2D eigenvalue weighted by Crippen LogP contribution is -2.47. The van der Waals surface area contributed by atoms with Crippen molar-refractivity contribution in [3.63, 3.8) is 0 Å². The van der Waals surface area contributed by atoms with E-state index < -0.39 is 0 Å². The largest absolute Gasteiger partial charge is 0.356 e. The zero-order valence-electron chi connectivity index (χ0n) is 13.4. The number of piperazine rings is 1. The highest BCUT2D eigenvalue weighted by atomic mass is 15.3. The second-order valence-corrected chi connectivity index (χ2v) is 6.20. The molecule has 0 aromatic heterocycles. The zero-order valence-corrected chi connectivity index (χ0v) is 13.4. The van der Waals surface area contributed by atoms with Crippen molar-refractivity contribution < 1.29 is 0 Å². The van der Waals surface area contributed by atoms with E-state index in [1.54, 1.807) is 0 Å². The van der Waals surface area contributed by atoms with Crippen LogP contribution >= 0.6 is 0 Å². The Balaban J connectivity index is 1.68. The molecule has 0 saturated carbocycles. The van der Waals surface area contributed by atoms with Gasteiger partial charge in [0.2, 0.25) is 0 Å². The minimum Gasteiger partial charge on any atom is -0.356 e. The predicted octanol–water partition coefficient (Wildman–Crippen LogP) is 3.00. The second kappa shape index (κ2) is 6.47. The highest BCUT2D eigenvalue weighted by Gasteiger charge is 2.24. The van der Waals surface area contributed by atoms with Gasteiger partial charge in [-0.15, -0.1) is 0 Å². The molecular formula is C20H23N3. The molecule has 0 bridgehead atoms. The van der Waals surface area contributed by atoms with Gasteiger partial charge in [0.15, 0.2) is 0 Å². The summed E-state index contributed by atoms with van der Waals surface area (Å²) in [6.45, 7) is 5.22. The minimum absolute atomic E-state index is 0.924. The first kappa shape index (κ1) is 14.3. The van der Waals surface area contributed by atoms with Gasteiger partial charge in [-0.2, -0.15) is 0 Å². The molecule has 0 atom stereocenters. The van der Waals surface area contributed by atoms with Crippen LogP contribution < -0.4 is 10.2 Å². The summed E-state index contributed by atoms with van der Waals surface area (Å²) in [5, 5.41) is 3.45. The van der Waals surface area contributed by atoms with Crippen LogP contribution in [0.15, 0.2) is 66.5 Å². The zero-order chi connectivity index (χ0) is 15.5. The van der Waals surface area contributed by atoms with E-state index in [2.05, 4.69) is 75.8 Å². The Labute approximate surface area is 138 Å². The summed E-state index contributed by atoms with van der Waals surface area (Å²) in [4.78, 5) is 5.01. The SMILES string of the molecule is C1=C(N2CCNCC2)N(Cc2ccccc2)c2ccccc2C1. The number of allylic oxidation sites excluding steroid dienone is 1. The third kappa shape index (κ3) is 2.97. The number of benzene rings is 2. The van der Waals surface area contributed by atoms with E-state index in [0.29, 0.717) is 0 Å². The maximum atomic E-state index is 3.45. The van der Waals surface area contributed by atoms with Crippen LogP contribution in [0.5, 0.6) is 0 Å². The fourth-order valence-electron chi connectivity index (χ4n) is 3.51. The van der Waals surface area contributed by atoms with E-state index in [1.807, 2.05) is 0 Å². The maximum Gasteiger partial charge on any atom is 0.105 e. The number of nitrogens with one attached hydrogen (secondary N) is 1. The van der Waals surface area contributed by atoms with Crippen LogP contribution in [0.1, 0.15) is 11.1 Å². The number of rotatable bonds is 3. The van der Waals surface area contributed by atoms with Crippen LogP contribution in [0.3, 0.4) is 0 Å². The average molecular weight is 305 g/mol. The van der Waals surface area contributed by atoms with E-state index in [9.17, 15) is 0 Å². The van der Waals surface area contributed by atoms with Crippen LogP contribution in [0.2, 0.25) is 0 Å². The first-order chi connectivity index (χ1) is 11.4. The Bertz CT molecular complexity index is 687. The molecule has 2 aliphatic rings. The molecule has 4 rings (SSSR count). The van der Waals surface area contributed by atoms with Crippen molar-refractivity contribution in [3.05, 3.63) is 77.6 Å². The average Bonchev–Trinajstić information content (AvgIpc) is 2.64. The van der Waals surface area contributed by atoms with Gasteiger partial charge in [-0.1, -0.05) is 48.5 Å². The highest BCUT2D eigenvalue weighted by Crippen LogP contribution is 2.32. The first-order valence-corrected chi connectivity index (χ1v) is 8.47. The number of para-hydroxylation sites is 1. The molecule has 2 aliphatic heterocycles. The Hall–Kier alpha value is -2.26. The number of anilines is 1. The van der Waals surface area contributed by atoms with E-state index >= 15 is 0 Å². The molecule has 1 saturated heterocycles. The molecular weight excluding hydrogens is 282 g/mol. The summed E-state index contributed by atoms with van der Waals surface area (Å²) in [7, 11) is 0. The van der Waals surface area contributed by atoms with Crippen molar-refractivity contribution in [2.75, 3.05) is 31.1 Å². The summed E-state index contributed by atoms with van der Waals surface area (Å²) in [6, 6.07) is 19.6. The lowest BCUT2D eigenvalue weighted by molar-refractivity contribution is 0.288. The Morgan fingerprint density at radius 1 is 0.870 bits per heavy atom. The van der Waals surface area contributed by atoms with E-state index in [4.69, 9.17) is 0 Å². The van der Waals surface area contributed by atoms with Gasteiger partial charge >= 0.3 is 0 Å². The van der Waals surface area contributed by atoms with Crippen LogP contribution in [-0.4, -0.2) is 31.1 Å². The normalized spacial score (nSPS) is 17.7. The van der Waals surface area contributed by atoms with Crippen LogP contribution in [0.4, 0.5) is 5.69 Å². The van der Waals surface area contributed by atoms with Crippen LogP contribution in [0.25, 0.3) is 0 Å². The number of nitrogens with zero attached hydrogens (tertiary/aromatic N) is 2. The molecule has 1 N–H and O–H groups in total. The maximum absolute atomic E-state index is 3.45. The van der Waals surface area contributed by atoms with Crippen molar-refractivity contribution in [3.8, 4) is 0 Å². The fraction of sp³-hybridized carbons (Fsp3) is 0.300. The smallest absolute Gasteiger partial charge is 0.105 e. The fourth-order valence-corrected chi connectivity index (χ4v) is 3.51. The lowest BCUT2D eigenvalue weighted by Gasteiger charge is -2.41. The second-order valence-electron chi connectivity index (χ2n) is 6.20. The molecule has 0 spiro atoms. The Morgan fingerprint density at radius 2 is 1.61 bits per heavy atom. The Morgan fingerprint density at radius 3 is 2.43 bits per heavy atom. The molecule has 118 valence electrons. The molecule has 23 heavy (non-hydrogen) atoms. The minimum atomic E-state index is 0.924. The van der Waals surface area contributed by atoms with Gasteiger partial charge in [-0.25, -0.2) is 0 Å². The van der Waals surface area contributed by atoms with Crippen molar-refractivity contribution in [2.45, 2.75) is 13.0 Å². The third-order valence-corrected chi connectivity index (χ3v) is 4.69. The third-order valence-electron chi connectivity index (χ3n) is 4.69. The van der Waals surface area contributed by atoms with Gasteiger partial charge < -0.3 is 15.1 Å². The molecule has 0 radical (unpaired) electrons. The summed E-state index contributed by atoms with van der Waals surface area (Å²) in [5.41, 5.74) is 4.12. The summed E-state index contributed by atoms with van der Waals surface area (Å²) >= 11 is 0. The highest BCUT2D eigenvalue weighted by molar-refractivity contribution is 5.61. The molecule has 2 aromatic carbocycles. The van der Waals surface area contributed by atoms with Gasteiger partial charge in [-0.05, 0) is 29.7 Å². The molecule has 2 aromatic rings. The van der Waals surface area contributed by atoms with Gasteiger partial charge in [0.05, 0.1) is 0 Å². The van der Waals surface area contributed by atoms with Crippen LogP contribution in [0, 0.1) is 0 Å². The van der Waals surface area contributed by atoms with Crippen molar-refractivity contribution in [1.82, 2.24) is 10.2 Å². The first-order valence-electron chi connectivity index (χ1n) is 8.47. The number of hydrogen-bond donors (Lipinski definition) is 1. The van der Waals surface area contributed by atoms with E-state index in [1.165, 1.54) is 22.6 Å². The molecule has 1 fully saturated rings. The van der Waals surface area contributed by atoms with Crippen LogP contribution in [-0.2, 0) is 13.0 Å². The molecule has 0 aliphatic carbocycles. The van der Waals surface area contributed by atoms with E-state index in [-0.39, 0.29) is 0 Å². The quantitative estimate of drug-likeness (QED) is 0.940. The van der Waals surface area contributed by atoms with Gasteiger partial charge in [0.25, 0.3) is 0 Å². The van der Waals surface area contributed by atoms with E-state index in [0.717, 1.165) is 39.1 Å². The lowest BCUT2D eigenvalue weighted by atomic mass is 10.0. The number of fused-ring (bicyclic) bond motifs is 1. The number of hydrogen-bond acceptors (Lipinski definition) is 3. The van der Waals surface area contributed by atoms with Crippen molar-refractivity contribution >= 4 is 5.69 Å². The van der Waals surface area contributed by atoms with Crippen molar-refractivity contribution in [2.24, 2.45) is 0 Å². The Kier molecular flexibility index (Phi) is 4.03. The molecule has 2 heterocycles. The van der Waals surface area contributed by atoms with Gasteiger partial charge in [0, 0.05) is 38.4 Å². The standard InChI is InChI=1S/C20H23N3/c1-2-6-17(7-3-1)16-23-19-9-5-4-8-18(19)10-11-20(23)22-14-12-21-13-15-22/h1-9,11,21H,10,12-16H2. The molecule has 0 amide bonds.